The lowest BCUT2D eigenvalue weighted by Gasteiger charge is -2.45. The number of aliphatic carboxylic acids is 1. The Labute approximate surface area is 215 Å². The standard InChI is InChI=1S/C29H44N2O5/c1-28(2,3)31-17-16-29(20-35-19-26(32)30-29)25(31)15-12-21-10-13-22(14-11-21)23-7-4-5-8-24(23)36-18-6-9-27(33)34/h4-5,7-8,21-22,25H,6,9-20H2,1-3H3,(H,30,32)(H,33,34). The molecule has 2 saturated heterocycles. The van der Waals surface area contributed by atoms with Gasteiger partial charge >= 0.3 is 5.97 Å². The zero-order chi connectivity index (χ0) is 25.8. The van der Waals surface area contributed by atoms with Crippen molar-refractivity contribution in [2.75, 3.05) is 26.4 Å². The molecule has 1 aromatic carbocycles. The molecule has 1 saturated carbocycles. The van der Waals surface area contributed by atoms with E-state index in [0.717, 1.165) is 38.0 Å². The number of para-hydroxylation sites is 1. The van der Waals surface area contributed by atoms with Gasteiger partial charge < -0.3 is 19.9 Å². The van der Waals surface area contributed by atoms with E-state index in [1.165, 1.54) is 24.8 Å². The van der Waals surface area contributed by atoms with Gasteiger partial charge in [-0.2, -0.15) is 0 Å². The molecule has 2 unspecified atom stereocenters. The summed E-state index contributed by atoms with van der Waals surface area (Å²) in [6.07, 6.45) is 8.59. The molecule has 2 N–H and O–H groups in total. The number of amides is 1. The Hall–Kier alpha value is -2.12. The molecule has 2 atom stereocenters. The second-order valence-corrected chi connectivity index (χ2v) is 12.0. The zero-order valence-electron chi connectivity index (χ0n) is 22.3. The van der Waals surface area contributed by atoms with Gasteiger partial charge in [0.1, 0.15) is 12.4 Å². The molecule has 0 radical (unpaired) electrons. The molecule has 1 spiro atoms. The number of nitrogens with one attached hydrogen (secondary N) is 1. The van der Waals surface area contributed by atoms with Gasteiger partial charge in [0.2, 0.25) is 5.91 Å². The van der Waals surface area contributed by atoms with Crippen LogP contribution >= 0.6 is 0 Å². The maximum atomic E-state index is 12.3. The number of ether oxygens (including phenoxy) is 2. The molecule has 1 amide bonds. The third-order valence-corrected chi connectivity index (χ3v) is 8.50. The second-order valence-electron chi connectivity index (χ2n) is 12.0. The molecular formula is C29H44N2O5. The van der Waals surface area contributed by atoms with E-state index in [9.17, 15) is 9.59 Å². The summed E-state index contributed by atoms with van der Waals surface area (Å²) in [4.78, 5) is 25.6. The summed E-state index contributed by atoms with van der Waals surface area (Å²) in [5.74, 6) is 1.34. The normalized spacial score (nSPS) is 29.3. The number of hydrogen-bond donors (Lipinski definition) is 2. The number of nitrogens with zero attached hydrogens (tertiary/aromatic N) is 1. The number of benzene rings is 1. The minimum absolute atomic E-state index is 0.0198. The highest BCUT2D eigenvalue weighted by Crippen LogP contribution is 2.43. The molecule has 7 heteroatoms. The molecule has 0 bridgehead atoms. The van der Waals surface area contributed by atoms with Crippen LogP contribution in [0.5, 0.6) is 5.75 Å². The van der Waals surface area contributed by atoms with Crippen molar-refractivity contribution in [2.45, 2.75) is 102 Å². The van der Waals surface area contributed by atoms with Gasteiger partial charge in [-0.05, 0) is 95.6 Å². The molecule has 1 aliphatic carbocycles. The third kappa shape index (κ3) is 6.41. The van der Waals surface area contributed by atoms with Gasteiger partial charge in [0.05, 0.1) is 18.8 Å². The van der Waals surface area contributed by atoms with Gasteiger partial charge in [-0.25, -0.2) is 0 Å². The van der Waals surface area contributed by atoms with Crippen LogP contribution in [0.25, 0.3) is 0 Å². The van der Waals surface area contributed by atoms with Crippen molar-refractivity contribution in [3.05, 3.63) is 29.8 Å². The molecule has 4 rings (SSSR count). The van der Waals surface area contributed by atoms with Crippen molar-refractivity contribution in [1.29, 1.82) is 0 Å². The van der Waals surface area contributed by atoms with Crippen LogP contribution in [-0.4, -0.2) is 65.4 Å². The van der Waals surface area contributed by atoms with Crippen LogP contribution in [0, 0.1) is 5.92 Å². The van der Waals surface area contributed by atoms with Gasteiger partial charge in [-0.15, -0.1) is 0 Å². The van der Waals surface area contributed by atoms with E-state index in [2.05, 4.69) is 43.1 Å². The summed E-state index contributed by atoms with van der Waals surface area (Å²) in [5, 5.41) is 12.2. The highest BCUT2D eigenvalue weighted by molar-refractivity contribution is 5.79. The average molecular weight is 501 g/mol. The van der Waals surface area contributed by atoms with E-state index < -0.39 is 5.97 Å². The molecule has 36 heavy (non-hydrogen) atoms. The molecule has 2 heterocycles. The van der Waals surface area contributed by atoms with E-state index in [1.807, 2.05) is 12.1 Å². The fourth-order valence-electron chi connectivity index (χ4n) is 6.68. The number of carbonyl (C=O) groups is 2. The van der Waals surface area contributed by atoms with Crippen LogP contribution in [0.1, 0.15) is 90.0 Å². The predicted molar refractivity (Wildman–Crippen MR) is 139 cm³/mol. The van der Waals surface area contributed by atoms with Crippen LogP contribution in [0.3, 0.4) is 0 Å². The topological polar surface area (TPSA) is 88.1 Å². The van der Waals surface area contributed by atoms with E-state index >= 15 is 0 Å². The lowest BCUT2D eigenvalue weighted by atomic mass is 9.75. The van der Waals surface area contributed by atoms with Gasteiger partial charge in [-0.3, -0.25) is 14.5 Å². The summed E-state index contributed by atoms with van der Waals surface area (Å²) >= 11 is 0. The molecule has 1 aromatic rings. The van der Waals surface area contributed by atoms with E-state index in [4.69, 9.17) is 14.6 Å². The van der Waals surface area contributed by atoms with Gasteiger partial charge in [0.15, 0.2) is 0 Å². The average Bonchev–Trinajstić information content (AvgIpc) is 3.18. The SMILES string of the molecule is CC(C)(C)N1CCC2(COCC(=O)N2)C1CCC1CCC(c2ccccc2OCCCC(=O)O)CC1. The Balaban J connectivity index is 1.33. The van der Waals surface area contributed by atoms with E-state index in [0.29, 0.717) is 37.5 Å². The smallest absolute Gasteiger partial charge is 0.303 e. The quantitative estimate of drug-likeness (QED) is 0.476. The summed E-state index contributed by atoms with van der Waals surface area (Å²) < 4.78 is 11.7. The molecular weight excluding hydrogens is 456 g/mol. The summed E-state index contributed by atoms with van der Waals surface area (Å²) in [5.41, 5.74) is 1.07. The fraction of sp³-hybridized carbons (Fsp3) is 0.724. The maximum absolute atomic E-state index is 12.3. The first-order chi connectivity index (χ1) is 17.2. The number of carboxylic acids is 1. The predicted octanol–water partition coefficient (Wildman–Crippen LogP) is 4.74. The molecule has 0 aromatic heterocycles. The van der Waals surface area contributed by atoms with Crippen LogP contribution in [-0.2, 0) is 14.3 Å². The summed E-state index contributed by atoms with van der Waals surface area (Å²) in [7, 11) is 0. The van der Waals surface area contributed by atoms with E-state index in [1.54, 1.807) is 0 Å². The number of carboxylic acid groups (broad SMARTS) is 1. The first kappa shape index (κ1) is 26.9. The second kappa shape index (κ2) is 11.5. The first-order valence-corrected chi connectivity index (χ1v) is 13.8. The number of rotatable bonds is 9. The lowest BCUT2D eigenvalue weighted by Crippen LogP contribution is -2.64. The highest BCUT2D eigenvalue weighted by atomic mass is 16.5. The van der Waals surface area contributed by atoms with Crippen molar-refractivity contribution < 1.29 is 24.2 Å². The fourth-order valence-corrected chi connectivity index (χ4v) is 6.68. The number of hydrogen-bond acceptors (Lipinski definition) is 5. The molecule has 3 aliphatic rings. The van der Waals surface area contributed by atoms with Crippen molar-refractivity contribution in [1.82, 2.24) is 10.2 Å². The molecule has 200 valence electrons. The van der Waals surface area contributed by atoms with Gasteiger partial charge in [-0.1, -0.05) is 18.2 Å². The van der Waals surface area contributed by atoms with Crippen LogP contribution < -0.4 is 10.1 Å². The number of morpholine rings is 1. The molecule has 3 fully saturated rings. The van der Waals surface area contributed by atoms with Crippen LogP contribution in [0.2, 0.25) is 0 Å². The monoisotopic (exact) mass is 500 g/mol. The lowest BCUT2D eigenvalue weighted by molar-refractivity contribution is -0.138. The minimum Gasteiger partial charge on any atom is -0.493 e. The molecule has 7 nitrogen and oxygen atoms in total. The maximum Gasteiger partial charge on any atom is 0.303 e. The van der Waals surface area contributed by atoms with Crippen LogP contribution in [0.15, 0.2) is 24.3 Å². The largest absolute Gasteiger partial charge is 0.493 e. The summed E-state index contributed by atoms with van der Waals surface area (Å²) in [6.45, 7) is 9.05. The Bertz CT molecular complexity index is 905. The Kier molecular flexibility index (Phi) is 8.61. The Morgan fingerprint density at radius 1 is 1.19 bits per heavy atom. The van der Waals surface area contributed by atoms with Crippen molar-refractivity contribution in [3.8, 4) is 5.75 Å². The summed E-state index contributed by atoms with van der Waals surface area (Å²) in [6, 6.07) is 8.57. The van der Waals surface area contributed by atoms with Crippen molar-refractivity contribution in [3.63, 3.8) is 0 Å². The van der Waals surface area contributed by atoms with E-state index in [-0.39, 0.29) is 30.0 Å². The minimum atomic E-state index is -0.780. The highest BCUT2D eigenvalue weighted by Gasteiger charge is 2.52. The van der Waals surface area contributed by atoms with Gasteiger partial charge in [0, 0.05) is 24.5 Å². The zero-order valence-corrected chi connectivity index (χ0v) is 22.3. The molecule has 2 aliphatic heterocycles. The van der Waals surface area contributed by atoms with Crippen LogP contribution in [0.4, 0.5) is 0 Å². The number of likely N-dealkylation sites (tertiary alicyclic amines) is 1. The Morgan fingerprint density at radius 2 is 1.94 bits per heavy atom. The van der Waals surface area contributed by atoms with Crippen molar-refractivity contribution >= 4 is 11.9 Å². The van der Waals surface area contributed by atoms with Crippen molar-refractivity contribution in [2.24, 2.45) is 5.92 Å². The Morgan fingerprint density at radius 3 is 2.64 bits per heavy atom. The van der Waals surface area contributed by atoms with Gasteiger partial charge in [0.25, 0.3) is 0 Å². The first-order valence-electron chi connectivity index (χ1n) is 13.8. The third-order valence-electron chi connectivity index (χ3n) is 8.50. The number of carbonyl (C=O) groups excluding carboxylic acids is 1.